The maximum absolute atomic E-state index is 6.51. The molecule has 112 valence electrons. The van der Waals surface area contributed by atoms with Gasteiger partial charge in [-0.2, -0.15) is 0 Å². The second-order valence-electron chi connectivity index (χ2n) is 6.87. The van der Waals surface area contributed by atoms with Gasteiger partial charge in [0, 0.05) is 18.2 Å². The van der Waals surface area contributed by atoms with E-state index in [0.717, 1.165) is 19.4 Å². The molecule has 19 heavy (non-hydrogen) atoms. The van der Waals surface area contributed by atoms with Crippen LogP contribution < -0.4 is 5.73 Å². The van der Waals surface area contributed by atoms with Crippen molar-refractivity contribution < 1.29 is 4.74 Å². The van der Waals surface area contributed by atoms with Gasteiger partial charge in [-0.25, -0.2) is 0 Å². The van der Waals surface area contributed by atoms with E-state index in [0.29, 0.717) is 6.10 Å². The molecular weight excluding hydrogens is 236 g/mol. The van der Waals surface area contributed by atoms with Crippen LogP contribution >= 0.6 is 0 Å². The van der Waals surface area contributed by atoms with Crippen LogP contribution in [0.4, 0.5) is 0 Å². The molecule has 2 heterocycles. The molecule has 2 rings (SSSR count). The Hall–Kier alpha value is -0.120. The highest BCUT2D eigenvalue weighted by Gasteiger charge is 2.33. The van der Waals surface area contributed by atoms with Crippen LogP contribution in [0.5, 0.6) is 0 Å². The highest BCUT2D eigenvalue weighted by Crippen LogP contribution is 2.26. The fraction of sp³-hybridized carbons (Fsp3) is 1.00. The second kappa shape index (κ2) is 7.05. The van der Waals surface area contributed by atoms with Crippen molar-refractivity contribution in [1.29, 1.82) is 0 Å². The Kier molecular flexibility index (Phi) is 5.67. The Bertz CT molecular complexity index is 253. The smallest absolute Gasteiger partial charge is 0.0576 e. The fourth-order valence-corrected chi connectivity index (χ4v) is 3.47. The summed E-state index contributed by atoms with van der Waals surface area (Å²) in [6.07, 6.45) is 10.6. The van der Waals surface area contributed by atoms with E-state index in [4.69, 9.17) is 10.5 Å². The van der Waals surface area contributed by atoms with Gasteiger partial charge in [0.2, 0.25) is 0 Å². The lowest BCUT2D eigenvalue weighted by Crippen LogP contribution is -2.56. The van der Waals surface area contributed by atoms with Gasteiger partial charge in [-0.05, 0) is 65.5 Å². The quantitative estimate of drug-likeness (QED) is 0.833. The Balaban J connectivity index is 1.81. The topological polar surface area (TPSA) is 38.5 Å². The van der Waals surface area contributed by atoms with Gasteiger partial charge in [-0.1, -0.05) is 12.8 Å². The SMILES string of the molecule is CC(C)(C(N)CCC1CCCO1)N1CCCCCC1. The maximum atomic E-state index is 6.51. The first kappa shape index (κ1) is 15.3. The number of nitrogens with zero attached hydrogens (tertiary/aromatic N) is 1. The first-order valence-electron chi connectivity index (χ1n) is 8.23. The zero-order valence-electron chi connectivity index (χ0n) is 12.9. The monoisotopic (exact) mass is 268 g/mol. The van der Waals surface area contributed by atoms with Crippen LogP contribution in [0.2, 0.25) is 0 Å². The van der Waals surface area contributed by atoms with Gasteiger partial charge in [-0.3, -0.25) is 4.90 Å². The van der Waals surface area contributed by atoms with Gasteiger partial charge >= 0.3 is 0 Å². The predicted octanol–water partition coefficient (Wildman–Crippen LogP) is 2.93. The molecule has 0 saturated carbocycles. The molecule has 2 fully saturated rings. The zero-order valence-corrected chi connectivity index (χ0v) is 12.9. The third-order valence-corrected chi connectivity index (χ3v) is 5.15. The van der Waals surface area contributed by atoms with Crippen molar-refractivity contribution in [1.82, 2.24) is 4.90 Å². The lowest BCUT2D eigenvalue weighted by Gasteiger charge is -2.42. The second-order valence-corrected chi connectivity index (χ2v) is 6.87. The minimum Gasteiger partial charge on any atom is -0.378 e. The van der Waals surface area contributed by atoms with Gasteiger partial charge in [0.25, 0.3) is 0 Å². The molecule has 0 aromatic rings. The molecular formula is C16H32N2O. The minimum atomic E-state index is 0.128. The number of likely N-dealkylation sites (tertiary alicyclic amines) is 1. The maximum Gasteiger partial charge on any atom is 0.0576 e. The first-order valence-corrected chi connectivity index (χ1v) is 8.23. The number of hydrogen-bond donors (Lipinski definition) is 1. The predicted molar refractivity (Wildman–Crippen MR) is 80.3 cm³/mol. The molecule has 0 spiro atoms. The lowest BCUT2D eigenvalue weighted by molar-refractivity contribution is 0.0724. The Labute approximate surface area is 118 Å². The van der Waals surface area contributed by atoms with Crippen molar-refractivity contribution in [2.45, 2.75) is 82.9 Å². The van der Waals surface area contributed by atoms with Crippen LogP contribution in [-0.2, 0) is 4.74 Å². The molecule has 2 atom stereocenters. The summed E-state index contributed by atoms with van der Waals surface area (Å²) in [5.74, 6) is 0. The van der Waals surface area contributed by atoms with Gasteiger partial charge in [0.1, 0.15) is 0 Å². The van der Waals surface area contributed by atoms with E-state index >= 15 is 0 Å². The van der Waals surface area contributed by atoms with Gasteiger partial charge in [0.15, 0.2) is 0 Å². The molecule has 3 heteroatoms. The standard InChI is InChI=1S/C16H32N2O/c1-16(2,18-11-5-3-4-6-12-18)15(17)10-9-14-8-7-13-19-14/h14-15H,3-13,17H2,1-2H3. The van der Waals surface area contributed by atoms with E-state index in [9.17, 15) is 0 Å². The number of ether oxygens (including phenoxy) is 1. The Morgan fingerprint density at radius 1 is 1.16 bits per heavy atom. The molecule has 0 aromatic heterocycles. The molecule has 2 unspecified atom stereocenters. The number of nitrogens with two attached hydrogens (primary N) is 1. The van der Waals surface area contributed by atoms with Gasteiger partial charge in [-0.15, -0.1) is 0 Å². The highest BCUT2D eigenvalue weighted by molar-refractivity contribution is 4.92. The van der Waals surface area contributed by atoms with Crippen LogP contribution in [0.1, 0.15) is 65.2 Å². The fourth-order valence-electron chi connectivity index (χ4n) is 3.47. The summed E-state index contributed by atoms with van der Waals surface area (Å²) in [6, 6.07) is 0.259. The van der Waals surface area contributed by atoms with Crippen LogP contribution in [0, 0.1) is 0 Å². The molecule has 2 aliphatic rings. The molecule has 0 bridgehead atoms. The summed E-state index contributed by atoms with van der Waals surface area (Å²) in [5.41, 5.74) is 6.64. The summed E-state index contributed by atoms with van der Waals surface area (Å²) in [4.78, 5) is 2.63. The summed E-state index contributed by atoms with van der Waals surface area (Å²) in [6.45, 7) is 8.06. The minimum absolute atomic E-state index is 0.128. The lowest BCUT2D eigenvalue weighted by atomic mass is 9.88. The summed E-state index contributed by atoms with van der Waals surface area (Å²) < 4.78 is 5.71. The van der Waals surface area contributed by atoms with Crippen molar-refractivity contribution in [3.05, 3.63) is 0 Å². The van der Waals surface area contributed by atoms with E-state index in [1.807, 2.05) is 0 Å². The van der Waals surface area contributed by atoms with Crippen LogP contribution in [0.25, 0.3) is 0 Å². The van der Waals surface area contributed by atoms with E-state index < -0.39 is 0 Å². The van der Waals surface area contributed by atoms with Crippen molar-refractivity contribution in [2.24, 2.45) is 5.73 Å². The normalized spacial score (nSPS) is 28.3. The van der Waals surface area contributed by atoms with Crippen LogP contribution in [-0.4, -0.2) is 42.3 Å². The average molecular weight is 268 g/mol. The van der Waals surface area contributed by atoms with Crippen molar-refractivity contribution in [3.63, 3.8) is 0 Å². The molecule has 2 aliphatic heterocycles. The van der Waals surface area contributed by atoms with Crippen molar-refractivity contribution in [3.8, 4) is 0 Å². The van der Waals surface area contributed by atoms with Crippen molar-refractivity contribution in [2.75, 3.05) is 19.7 Å². The first-order chi connectivity index (χ1) is 9.10. The molecule has 0 aliphatic carbocycles. The van der Waals surface area contributed by atoms with E-state index in [1.165, 1.54) is 51.6 Å². The van der Waals surface area contributed by atoms with Crippen molar-refractivity contribution >= 4 is 0 Å². The number of hydrogen-bond acceptors (Lipinski definition) is 3. The van der Waals surface area contributed by atoms with E-state index in [1.54, 1.807) is 0 Å². The van der Waals surface area contributed by atoms with Crippen LogP contribution in [0.3, 0.4) is 0 Å². The molecule has 0 radical (unpaired) electrons. The Morgan fingerprint density at radius 3 is 2.42 bits per heavy atom. The number of rotatable bonds is 5. The molecule has 2 saturated heterocycles. The summed E-state index contributed by atoms with van der Waals surface area (Å²) in [7, 11) is 0. The van der Waals surface area contributed by atoms with Gasteiger partial charge < -0.3 is 10.5 Å². The highest BCUT2D eigenvalue weighted by atomic mass is 16.5. The summed E-state index contributed by atoms with van der Waals surface area (Å²) >= 11 is 0. The third kappa shape index (κ3) is 4.17. The molecule has 0 aromatic carbocycles. The summed E-state index contributed by atoms with van der Waals surface area (Å²) in [5, 5.41) is 0. The third-order valence-electron chi connectivity index (χ3n) is 5.15. The largest absolute Gasteiger partial charge is 0.378 e. The molecule has 2 N–H and O–H groups in total. The molecule has 3 nitrogen and oxygen atoms in total. The van der Waals surface area contributed by atoms with Crippen LogP contribution in [0.15, 0.2) is 0 Å². The average Bonchev–Trinajstić information content (AvgIpc) is 2.75. The Morgan fingerprint density at radius 2 is 1.84 bits per heavy atom. The van der Waals surface area contributed by atoms with E-state index in [2.05, 4.69) is 18.7 Å². The van der Waals surface area contributed by atoms with E-state index in [-0.39, 0.29) is 11.6 Å². The van der Waals surface area contributed by atoms with Gasteiger partial charge in [0.05, 0.1) is 6.10 Å². The zero-order chi connectivity index (χ0) is 13.7. The molecule has 0 amide bonds.